The molecule has 0 aliphatic heterocycles. The van der Waals surface area contributed by atoms with Gasteiger partial charge in [-0.15, -0.1) is 0 Å². The van der Waals surface area contributed by atoms with E-state index in [2.05, 4.69) is 15.0 Å². The summed E-state index contributed by atoms with van der Waals surface area (Å²) in [5.41, 5.74) is 2.13. The number of carbonyl (C=O) groups is 1. The Morgan fingerprint density at radius 2 is 1.71 bits per heavy atom. The highest BCUT2D eigenvalue weighted by Crippen LogP contribution is 2.22. The highest BCUT2D eigenvalue weighted by Gasteiger charge is 2.16. The zero-order valence-corrected chi connectivity index (χ0v) is 17.3. The van der Waals surface area contributed by atoms with Crippen molar-refractivity contribution in [2.24, 2.45) is 0 Å². The lowest BCUT2D eigenvalue weighted by molar-refractivity contribution is 0.102. The summed E-state index contributed by atoms with van der Waals surface area (Å²) in [6.07, 6.45) is 1.65. The number of pyridine rings is 1. The molecule has 156 valence electrons. The molecular weight excluding hydrogens is 417 g/mol. The van der Waals surface area contributed by atoms with Crippen LogP contribution in [0.4, 0.5) is 15.8 Å². The molecule has 0 radical (unpaired) electrons. The smallest absolute Gasteiger partial charge is 0.261 e. The number of hydrogen-bond donors (Lipinski definition) is 2. The number of fused-ring (bicyclic) bond motifs is 1. The lowest BCUT2D eigenvalue weighted by Crippen LogP contribution is -2.14. The largest absolute Gasteiger partial charge is 0.320 e. The molecule has 6 nitrogen and oxygen atoms in total. The van der Waals surface area contributed by atoms with Crippen LogP contribution in [0.2, 0.25) is 0 Å². The third kappa shape index (κ3) is 4.39. The number of rotatable bonds is 5. The molecular formula is C23H18FN3O3S. The van der Waals surface area contributed by atoms with E-state index in [1.807, 2.05) is 24.3 Å². The molecule has 0 spiro atoms. The molecule has 1 aromatic heterocycles. The zero-order chi connectivity index (χ0) is 22.0. The highest BCUT2D eigenvalue weighted by atomic mass is 32.2. The molecule has 0 atom stereocenters. The summed E-state index contributed by atoms with van der Waals surface area (Å²) in [4.78, 5) is 16.9. The Labute approximate surface area is 178 Å². The van der Waals surface area contributed by atoms with Crippen molar-refractivity contribution in [2.75, 3.05) is 10.0 Å². The van der Waals surface area contributed by atoms with Crippen LogP contribution >= 0.6 is 0 Å². The van der Waals surface area contributed by atoms with Gasteiger partial charge in [0, 0.05) is 22.8 Å². The summed E-state index contributed by atoms with van der Waals surface area (Å²) in [6, 6.07) is 18.8. The number of nitrogens with one attached hydrogen (secondary N) is 2. The van der Waals surface area contributed by atoms with Gasteiger partial charge in [0.05, 0.1) is 16.1 Å². The maximum Gasteiger partial charge on any atom is 0.261 e. The predicted molar refractivity (Wildman–Crippen MR) is 118 cm³/mol. The standard InChI is InChI=1S/C23H18FN3O3S/c1-15-14-19(11-12-20(15)24)31(29,30)27-18-9-7-17(8-10-18)23(28)26-21-6-2-4-16-5-3-13-25-22(16)21/h2-14,27H,1H3,(H,26,28). The van der Waals surface area contributed by atoms with Crippen LogP contribution in [0.3, 0.4) is 0 Å². The summed E-state index contributed by atoms with van der Waals surface area (Å²) < 4.78 is 40.9. The molecule has 31 heavy (non-hydrogen) atoms. The molecule has 3 aromatic carbocycles. The van der Waals surface area contributed by atoms with Crippen LogP contribution in [-0.2, 0) is 10.0 Å². The Morgan fingerprint density at radius 3 is 2.45 bits per heavy atom. The van der Waals surface area contributed by atoms with Crippen molar-refractivity contribution in [1.82, 2.24) is 4.98 Å². The molecule has 0 bridgehead atoms. The van der Waals surface area contributed by atoms with Gasteiger partial charge in [0.25, 0.3) is 15.9 Å². The van der Waals surface area contributed by atoms with Gasteiger partial charge in [-0.3, -0.25) is 14.5 Å². The van der Waals surface area contributed by atoms with Crippen molar-refractivity contribution in [3.05, 3.63) is 95.9 Å². The number of amides is 1. The normalized spacial score (nSPS) is 11.3. The number of anilines is 2. The first kappa shape index (κ1) is 20.5. The van der Waals surface area contributed by atoms with Crippen molar-refractivity contribution in [3.8, 4) is 0 Å². The number of carbonyl (C=O) groups excluding carboxylic acids is 1. The maximum absolute atomic E-state index is 13.4. The van der Waals surface area contributed by atoms with E-state index < -0.39 is 15.8 Å². The van der Waals surface area contributed by atoms with Crippen molar-refractivity contribution in [3.63, 3.8) is 0 Å². The number of sulfonamides is 1. The van der Waals surface area contributed by atoms with Crippen molar-refractivity contribution >= 4 is 38.2 Å². The number of para-hydroxylation sites is 1. The lowest BCUT2D eigenvalue weighted by atomic mass is 10.1. The number of aromatic nitrogens is 1. The molecule has 0 saturated heterocycles. The van der Waals surface area contributed by atoms with Crippen molar-refractivity contribution < 1.29 is 17.6 Å². The van der Waals surface area contributed by atoms with Crippen LogP contribution in [-0.4, -0.2) is 19.3 Å². The minimum Gasteiger partial charge on any atom is -0.320 e. The van der Waals surface area contributed by atoms with E-state index in [-0.39, 0.29) is 22.1 Å². The molecule has 4 aromatic rings. The van der Waals surface area contributed by atoms with E-state index in [4.69, 9.17) is 0 Å². The van der Waals surface area contributed by atoms with E-state index in [0.717, 1.165) is 11.5 Å². The Balaban J connectivity index is 1.51. The highest BCUT2D eigenvalue weighted by molar-refractivity contribution is 7.92. The van der Waals surface area contributed by atoms with Gasteiger partial charge in [0.2, 0.25) is 0 Å². The lowest BCUT2D eigenvalue weighted by Gasteiger charge is -2.11. The fraction of sp³-hybridized carbons (Fsp3) is 0.0435. The number of hydrogen-bond acceptors (Lipinski definition) is 4. The van der Waals surface area contributed by atoms with Gasteiger partial charge < -0.3 is 5.32 Å². The van der Waals surface area contributed by atoms with Gasteiger partial charge in [-0.2, -0.15) is 0 Å². The molecule has 2 N–H and O–H groups in total. The first-order chi connectivity index (χ1) is 14.8. The van der Waals surface area contributed by atoms with E-state index in [1.54, 1.807) is 12.3 Å². The Kier molecular flexibility index (Phi) is 5.39. The van der Waals surface area contributed by atoms with E-state index in [0.29, 0.717) is 16.8 Å². The Morgan fingerprint density at radius 1 is 0.968 bits per heavy atom. The number of halogens is 1. The van der Waals surface area contributed by atoms with Gasteiger partial charge in [-0.25, -0.2) is 12.8 Å². The second-order valence-electron chi connectivity index (χ2n) is 6.93. The molecule has 0 aliphatic rings. The number of aryl methyl sites for hydroxylation is 1. The zero-order valence-electron chi connectivity index (χ0n) is 16.5. The van der Waals surface area contributed by atoms with Gasteiger partial charge in [-0.1, -0.05) is 18.2 Å². The van der Waals surface area contributed by atoms with Crippen LogP contribution in [0.1, 0.15) is 15.9 Å². The third-order valence-corrected chi connectivity index (χ3v) is 6.10. The molecule has 0 fully saturated rings. The molecule has 0 aliphatic carbocycles. The first-order valence-corrected chi connectivity index (χ1v) is 10.9. The molecule has 0 unspecified atom stereocenters. The van der Waals surface area contributed by atoms with Gasteiger partial charge in [-0.05, 0) is 67.1 Å². The summed E-state index contributed by atoms with van der Waals surface area (Å²) in [5, 5.41) is 3.73. The van der Waals surface area contributed by atoms with E-state index in [1.165, 1.54) is 43.3 Å². The molecule has 0 saturated carbocycles. The van der Waals surface area contributed by atoms with Crippen LogP contribution in [0.5, 0.6) is 0 Å². The van der Waals surface area contributed by atoms with Crippen LogP contribution in [0.15, 0.2) is 83.9 Å². The van der Waals surface area contributed by atoms with Crippen molar-refractivity contribution in [1.29, 1.82) is 0 Å². The topological polar surface area (TPSA) is 88.2 Å². The molecule has 4 rings (SSSR count). The number of benzene rings is 3. The molecule has 1 amide bonds. The summed E-state index contributed by atoms with van der Waals surface area (Å²) in [6.45, 7) is 1.49. The monoisotopic (exact) mass is 435 g/mol. The fourth-order valence-electron chi connectivity index (χ4n) is 3.09. The Hall–Kier alpha value is -3.78. The predicted octanol–water partition coefficient (Wildman–Crippen LogP) is 4.74. The Bertz CT molecular complexity index is 1380. The van der Waals surface area contributed by atoms with Gasteiger partial charge in [0.1, 0.15) is 5.82 Å². The average molecular weight is 435 g/mol. The number of nitrogens with zero attached hydrogens (tertiary/aromatic N) is 1. The average Bonchev–Trinajstić information content (AvgIpc) is 2.76. The first-order valence-electron chi connectivity index (χ1n) is 9.38. The minimum absolute atomic E-state index is 0.0447. The fourth-order valence-corrected chi connectivity index (χ4v) is 4.23. The van der Waals surface area contributed by atoms with Crippen molar-refractivity contribution in [2.45, 2.75) is 11.8 Å². The maximum atomic E-state index is 13.4. The quantitative estimate of drug-likeness (QED) is 0.474. The van der Waals surface area contributed by atoms with Gasteiger partial charge in [0.15, 0.2) is 0 Å². The van der Waals surface area contributed by atoms with Crippen LogP contribution in [0.25, 0.3) is 10.9 Å². The summed E-state index contributed by atoms with van der Waals surface area (Å²) >= 11 is 0. The van der Waals surface area contributed by atoms with Gasteiger partial charge >= 0.3 is 0 Å². The minimum atomic E-state index is -3.88. The SMILES string of the molecule is Cc1cc(S(=O)(=O)Nc2ccc(C(=O)Nc3cccc4cccnc34)cc2)ccc1F. The van der Waals surface area contributed by atoms with Crippen LogP contribution in [0, 0.1) is 12.7 Å². The molecule has 8 heteroatoms. The van der Waals surface area contributed by atoms with E-state index in [9.17, 15) is 17.6 Å². The summed E-state index contributed by atoms with van der Waals surface area (Å²) in [5.74, 6) is -0.822. The summed E-state index contributed by atoms with van der Waals surface area (Å²) in [7, 11) is -3.88. The van der Waals surface area contributed by atoms with Crippen LogP contribution < -0.4 is 10.0 Å². The van der Waals surface area contributed by atoms with E-state index >= 15 is 0 Å². The molecule has 1 heterocycles. The third-order valence-electron chi connectivity index (χ3n) is 4.72. The second-order valence-corrected chi connectivity index (χ2v) is 8.61. The second kappa shape index (κ2) is 8.16.